The molecule has 0 radical (unpaired) electrons. The van der Waals surface area contributed by atoms with Gasteiger partial charge in [0.15, 0.2) is 5.96 Å². The third-order valence-corrected chi connectivity index (χ3v) is 5.09. The molecule has 2 N–H and O–H groups in total. The molecule has 2 atom stereocenters. The maximum Gasteiger partial charge on any atom is 0.191 e. The van der Waals surface area contributed by atoms with Crippen LogP contribution in [0.3, 0.4) is 0 Å². The average molecular weight is 384 g/mol. The molecule has 150 valence electrons. The molecule has 2 aromatic carbocycles. The molecule has 3 rings (SSSR count). The topological polar surface area (TPSA) is 45.7 Å². The number of nitrogens with one attached hydrogen (secondary N) is 2. The normalized spacial score (nSPS) is 20.0. The van der Waals surface area contributed by atoms with Crippen molar-refractivity contribution in [3.8, 4) is 0 Å². The number of rotatable bonds is 6. The molecule has 0 amide bonds. The zero-order chi connectivity index (χ0) is 19.8. The van der Waals surface area contributed by atoms with Crippen LogP contribution < -0.4 is 10.6 Å². The van der Waals surface area contributed by atoms with Gasteiger partial charge in [-0.25, -0.2) is 9.38 Å². The fraction of sp³-hybridized carbons (Fsp3) is 0.435. The maximum atomic E-state index is 13.8. The molecule has 4 nitrogen and oxygen atoms in total. The number of aliphatic imine (C=N–C) groups is 1. The van der Waals surface area contributed by atoms with Crippen LogP contribution in [0.2, 0.25) is 0 Å². The van der Waals surface area contributed by atoms with Gasteiger partial charge in [-0.2, -0.15) is 0 Å². The van der Waals surface area contributed by atoms with Crippen molar-refractivity contribution in [2.45, 2.75) is 39.3 Å². The van der Waals surface area contributed by atoms with Gasteiger partial charge in [0.05, 0.1) is 12.6 Å². The van der Waals surface area contributed by atoms with Crippen molar-refractivity contribution in [3.63, 3.8) is 0 Å². The summed E-state index contributed by atoms with van der Waals surface area (Å²) in [6.45, 7) is 6.76. The first kappa shape index (κ1) is 20.3. The van der Waals surface area contributed by atoms with Gasteiger partial charge < -0.3 is 15.4 Å². The third kappa shape index (κ3) is 5.55. The molecule has 1 aliphatic heterocycles. The van der Waals surface area contributed by atoms with Gasteiger partial charge in [-0.15, -0.1) is 0 Å². The van der Waals surface area contributed by atoms with Gasteiger partial charge in [0.25, 0.3) is 0 Å². The fourth-order valence-corrected chi connectivity index (χ4v) is 3.54. The highest BCUT2D eigenvalue weighted by Crippen LogP contribution is 2.33. The minimum absolute atomic E-state index is 0.0938. The van der Waals surface area contributed by atoms with Gasteiger partial charge in [0, 0.05) is 31.2 Å². The molecule has 28 heavy (non-hydrogen) atoms. The minimum atomic E-state index is -0.220. The highest BCUT2D eigenvalue weighted by molar-refractivity contribution is 5.79. The Morgan fingerprint density at radius 3 is 2.68 bits per heavy atom. The van der Waals surface area contributed by atoms with Crippen molar-refractivity contribution in [2.75, 3.05) is 19.7 Å². The number of ether oxygens (including phenoxy) is 1. The molecule has 1 aliphatic rings. The van der Waals surface area contributed by atoms with Crippen molar-refractivity contribution in [1.82, 2.24) is 10.6 Å². The smallest absolute Gasteiger partial charge is 0.191 e. The van der Waals surface area contributed by atoms with Crippen LogP contribution in [0.15, 0.2) is 53.5 Å². The predicted octanol–water partition coefficient (Wildman–Crippen LogP) is 4.36. The van der Waals surface area contributed by atoms with Gasteiger partial charge >= 0.3 is 0 Å². The van der Waals surface area contributed by atoms with E-state index in [0.29, 0.717) is 24.0 Å². The van der Waals surface area contributed by atoms with Gasteiger partial charge in [0.1, 0.15) is 5.82 Å². The standard InChI is InChI=1S/C23H30FN3O/c1-3-25-23(26-15-19-7-4-5-9-21(19)24)27-16-20-8-6-14-28-22(20)18-12-10-17(2)11-13-18/h4-5,7,9-13,20,22H,3,6,8,14-16H2,1-2H3,(H2,25,26,27). The van der Waals surface area contributed by atoms with E-state index in [1.165, 1.54) is 17.2 Å². The van der Waals surface area contributed by atoms with Gasteiger partial charge in [-0.3, -0.25) is 0 Å². The van der Waals surface area contributed by atoms with E-state index >= 15 is 0 Å². The first-order chi connectivity index (χ1) is 13.7. The maximum absolute atomic E-state index is 13.8. The van der Waals surface area contributed by atoms with E-state index in [2.05, 4.69) is 46.8 Å². The zero-order valence-electron chi connectivity index (χ0n) is 16.7. The summed E-state index contributed by atoms with van der Waals surface area (Å²) in [7, 11) is 0. The Morgan fingerprint density at radius 1 is 1.14 bits per heavy atom. The summed E-state index contributed by atoms with van der Waals surface area (Å²) in [5.41, 5.74) is 3.08. The van der Waals surface area contributed by atoms with Crippen LogP contribution in [-0.4, -0.2) is 25.7 Å². The van der Waals surface area contributed by atoms with Crippen LogP contribution >= 0.6 is 0 Å². The Kier molecular flexibility index (Phi) is 7.43. The molecule has 0 saturated carbocycles. The van der Waals surface area contributed by atoms with Crippen LogP contribution in [0.25, 0.3) is 0 Å². The van der Waals surface area contributed by atoms with E-state index in [9.17, 15) is 4.39 Å². The summed E-state index contributed by atoms with van der Waals surface area (Å²) in [5, 5.41) is 6.68. The van der Waals surface area contributed by atoms with Crippen molar-refractivity contribution >= 4 is 5.96 Å². The van der Waals surface area contributed by atoms with Gasteiger partial charge in [-0.1, -0.05) is 48.0 Å². The van der Waals surface area contributed by atoms with Crippen LogP contribution in [-0.2, 0) is 11.3 Å². The van der Waals surface area contributed by atoms with Gasteiger partial charge in [0.2, 0.25) is 0 Å². The summed E-state index contributed by atoms with van der Waals surface area (Å²) in [5.74, 6) is 0.856. The van der Waals surface area contributed by atoms with Crippen LogP contribution in [0.4, 0.5) is 4.39 Å². The Balaban J connectivity index is 1.64. The van der Waals surface area contributed by atoms with Crippen LogP contribution in [0.1, 0.15) is 42.6 Å². The molecule has 2 unspecified atom stereocenters. The van der Waals surface area contributed by atoms with Crippen molar-refractivity contribution in [2.24, 2.45) is 10.9 Å². The lowest BCUT2D eigenvalue weighted by Gasteiger charge is -2.32. The van der Waals surface area contributed by atoms with E-state index in [4.69, 9.17) is 4.74 Å². The molecule has 0 aliphatic carbocycles. The monoisotopic (exact) mass is 383 g/mol. The van der Waals surface area contributed by atoms with E-state index in [-0.39, 0.29) is 11.9 Å². The summed E-state index contributed by atoms with van der Waals surface area (Å²) < 4.78 is 19.9. The Morgan fingerprint density at radius 2 is 1.93 bits per heavy atom. The van der Waals surface area contributed by atoms with E-state index in [1.807, 2.05) is 13.0 Å². The minimum Gasteiger partial charge on any atom is -0.373 e. The molecule has 2 aromatic rings. The van der Waals surface area contributed by atoms with Crippen molar-refractivity contribution in [1.29, 1.82) is 0 Å². The molecule has 0 aromatic heterocycles. The largest absolute Gasteiger partial charge is 0.373 e. The lowest BCUT2D eigenvalue weighted by atomic mass is 9.89. The molecule has 5 heteroatoms. The highest BCUT2D eigenvalue weighted by atomic mass is 19.1. The summed E-state index contributed by atoms with van der Waals surface area (Å²) in [4.78, 5) is 4.55. The number of benzene rings is 2. The highest BCUT2D eigenvalue weighted by Gasteiger charge is 2.27. The lowest BCUT2D eigenvalue weighted by molar-refractivity contribution is -0.0265. The fourth-order valence-electron chi connectivity index (χ4n) is 3.54. The van der Waals surface area contributed by atoms with Crippen LogP contribution in [0.5, 0.6) is 0 Å². The second-order valence-corrected chi connectivity index (χ2v) is 7.27. The average Bonchev–Trinajstić information content (AvgIpc) is 2.72. The van der Waals surface area contributed by atoms with E-state index < -0.39 is 0 Å². The molecule has 0 spiro atoms. The third-order valence-electron chi connectivity index (χ3n) is 5.09. The summed E-state index contributed by atoms with van der Waals surface area (Å²) in [6, 6.07) is 15.4. The first-order valence-corrected chi connectivity index (χ1v) is 10.1. The van der Waals surface area contributed by atoms with Crippen LogP contribution in [0, 0.1) is 18.7 Å². The number of aryl methyl sites for hydroxylation is 1. The Bertz CT molecular complexity index is 776. The number of hydrogen-bond acceptors (Lipinski definition) is 2. The SMILES string of the molecule is CCNC(=NCc1ccccc1F)NCC1CCCOC1c1ccc(C)cc1. The van der Waals surface area contributed by atoms with E-state index in [0.717, 1.165) is 32.5 Å². The number of halogens is 1. The van der Waals surface area contributed by atoms with E-state index in [1.54, 1.807) is 12.1 Å². The number of nitrogens with zero attached hydrogens (tertiary/aromatic N) is 1. The molecule has 1 saturated heterocycles. The molecule has 1 heterocycles. The molecule has 1 fully saturated rings. The number of guanidine groups is 1. The second kappa shape index (κ2) is 10.2. The predicted molar refractivity (Wildman–Crippen MR) is 112 cm³/mol. The summed E-state index contributed by atoms with van der Waals surface area (Å²) >= 11 is 0. The Labute approximate surface area is 167 Å². The lowest BCUT2D eigenvalue weighted by Crippen LogP contribution is -2.42. The zero-order valence-corrected chi connectivity index (χ0v) is 16.7. The van der Waals surface area contributed by atoms with Crippen molar-refractivity contribution < 1.29 is 9.13 Å². The Hall–Kier alpha value is -2.40. The molecular formula is C23H30FN3O. The first-order valence-electron chi connectivity index (χ1n) is 10.1. The van der Waals surface area contributed by atoms with Gasteiger partial charge in [-0.05, 0) is 38.3 Å². The van der Waals surface area contributed by atoms with Crippen molar-refractivity contribution in [3.05, 3.63) is 71.0 Å². The second-order valence-electron chi connectivity index (χ2n) is 7.27. The molecule has 0 bridgehead atoms. The molecular weight excluding hydrogens is 353 g/mol. The number of hydrogen-bond donors (Lipinski definition) is 2. The quantitative estimate of drug-likeness (QED) is 0.576. The summed E-state index contributed by atoms with van der Waals surface area (Å²) in [6.07, 6.45) is 2.27.